The van der Waals surface area contributed by atoms with E-state index < -0.39 is 12.0 Å². The molecule has 2 aromatic rings. The summed E-state index contributed by atoms with van der Waals surface area (Å²) >= 11 is 6.05. The number of hydrogen-bond donors (Lipinski definition) is 2. The van der Waals surface area contributed by atoms with Crippen molar-refractivity contribution in [3.63, 3.8) is 0 Å². The van der Waals surface area contributed by atoms with Gasteiger partial charge in [-0.2, -0.15) is 0 Å². The lowest BCUT2D eigenvalue weighted by atomic mass is 10.1. The first-order valence-electron chi connectivity index (χ1n) is 5.29. The van der Waals surface area contributed by atoms with Gasteiger partial charge in [-0.25, -0.2) is 0 Å². The Morgan fingerprint density at radius 3 is 2.56 bits per heavy atom. The van der Waals surface area contributed by atoms with Gasteiger partial charge in [-0.3, -0.25) is 9.78 Å². The van der Waals surface area contributed by atoms with Crippen LogP contribution < -0.4 is 5.73 Å². The zero-order valence-electron chi connectivity index (χ0n) is 9.38. The van der Waals surface area contributed by atoms with E-state index in [0.717, 1.165) is 5.56 Å². The molecule has 0 aliphatic carbocycles. The van der Waals surface area contributed by atoms with Gasteiger partial charge in [-0.1, -0.05) is 35.9 Å². The molecule has 18 heavy (non-hydrogen) atoms. The van der Waals surface area contributed by atoms with Crippen molar-refractivity contribution in [3.05, 3.63) is 53.2 Å². The Morgan fingerprint density at radius 2 is 2.00 bits per heavy atom. The average molecular weight is 263 g/mol. The highest BCUT2D eigenvalue weighted by atomic mass is 35.5. The van der Waals surface area contributed by atoms with Crippen LogP contribution in [0, 0.1) is 0 Å². The van der Waals surface area contributed by atoms with Crippen LogP contribution in [0.5, 0.6) is 0 Å². The monoisotopic (exact) mass is 262 g/mol. The molecule has 1 atom stereocenters. The third-order valence-corrected chi connectivity index (χ3v) is 2.89. The highest BCUT2D eigenvalue weighted by Crippen LogP contribution is 2.26. The molecule has 1 heterocycles. The van der Waals surface area contributed by atoms with E-state index in [0.29, 0.717) is 16.3 Å². The van der Waals surface area contributed by atoms with Gasteiger partial charge in [-0.15, -0.1) is 0 Å². The van der Waals surface area contributed by atoms with Gasteiger partial charge in [0.1, 0.15) is 6.04 Å². The molecule has 0 amide bonds. The summed E-state index contributed by atoms with van der Waals surface area (Å²) in [6.45, 7) is 0. The summed E-state index contributed by atoms with van der Waals surface area (Å²) in [7, 11) is 0. The largest absolute Gasteiger partial charge is 0.480 e. The first kappa shape index (κ1) is 12.5. The van der Waals surface area contributed by atoms with Gasteiger partial charge in [0.05, 0.1) is 5.69 Å². The standard InChI is InChI=1S/C13H11ClN2O2/c14-10-4-2-1-3-9(10)11-6-5-8(7-16-11)12(15)13(17)18/h1-7,12H,15H2,(H,17,18). The minimum atomic E-state index is -1.08. The molecule has 1 unspecified atom stereocenters. The van der Waals surface area contributed by atoms with Crippen LogP contribution in [0.4, 0.5) is 0 Å². The Hall–Kier alpha value is -1.91. The highest BCUT2D eigenvalue weighted by Gasteiger charge is 2.14. The van der Waals surface area contributed by atoms with E-state index in [9.17, 15) is 4.79 Å². The van der Waals surface area contributed by atoms with Crippen LogP contribution in [-0.2, 0) is 4.79 Å². The number of carboxylic acids is 1. The topological polar surface area (TPSA) is 76.2 Å². The van der Waals surface area contributed by atoms with E-state index in [1.807, 2.05) is 18.2 Å². The molecule has 92 valence electrons. The Labute approximate surface area is 109 Å². The summed E-state index contributed by atoms with van der Waals surface area (Å²) in [6, 6.07) is 9.61. The summed E-state index contributed by atoms with van der Waals surface area (Å²) in [6.07, 6.45) is 1.46. The first-order chi connectivity index (χ1) is 8.59. The second-order valence-corrected chi connectivity index (χ2v) is 4.18. The van der Waals surface area contributed by atoms with Gasteiger partial charge in [0.25, 0.3) is 0 Å². The normalized spacial score (nSPS) is 12.1. The van der Waals surface area contributed by atoms with Crippen molar-refractivity contribution in [2.75, 3.05) is 0 Å². The van der Waals surface area contributed by atoms with E-state index in [4.69, 9.17) is 22.4 Å². The number of pyridine rings is 1. The summed E-state index contributed by atoms with van der Waals surface area (Å²) in [5, 5.41) is 9.39. The van der Waals surface area contributed by atoms with E-state index in [1.165, 1.54) is 6.20 Å². The predicted molar refractivity (Wildman–Crippen MR) is 69.2 cm³/mol. The molecule has 0 aliphatic rings. The molecule has 1 aromatic carbocycles. The van der Waals surface area contributed by atoms with Crippen LogP contribution in [0.1, 0.15) is 11.6 Å². The molecule has 0 saturated heterocycles. The number of halogens is 1. The van der Waals surface area contributed by atoms with E-state index >= 15 is 0 Å². The van der Waals surface area contributed by atoms with Crippen molar-refractivity contribution in [2.24, 2.45) is 5.73 Å². The summed E-state index contributed by atoms with van der Waals surface area (Å²) < 4.78 is 0. The Balaban J connectivity index is 2.34. The lowest BCUT2D eigenvalue weighted by molar-refractivity contribution is -0.138. The molecule has 0 spiro atoms. The number of carbonyl (C=O) groups is 1. The minimum absolute atomic E-state index is 0.457. The fourth-order valence-corrected chi connectivity index (χ4v) is 1.79. The number of hydrogen-bond acceptors (Lipinski definition) is 3. The maximum absolute atomic E-state index is 10.7. The van der Waals surface area contributed by atoms with Crippen molar-refractivity contribution in [3.8, 4) is 11.3 Å². The molecule has 0 radical (unpaired) electrons. The van der Waals surface area contributed by atoms with Gasteiger partial charge in [0.15, 0.2) is 0 Å². The van der Waals surface area contributed by atoms with Gasteiger partial charge < -0.3 is 10.8 Å². The third-order valence-electron chi connectivity index (χ3n) is 2.56. The first-order valence-corrected chi connectivity index (χ1v) is 5.66. The molecule has 0 saturated carbocycles. The summed E-state index contributed by atoms with van der Waals surface area (Å²) in [5.74, 6) is -1.08. The zero-order valence-corrected chi connectivity index (χ0v) is 10.1. The molecule has 5 heteroatoms. The Morgan fingerprint density at radius 1 is 1.28 bits per heavy atom. The van der Waals surface area contributed by atoms with Gasteiger partial charge in [0.2, 0.25) is 0 Å². The number of nitrogens with two attached hydrogens (primary N) is 1. The van der Waals surface area contributed by atoms with E-state index in [2.05, 4.69) is 4.98 Å². The number of nitrogens with zero attached hydrogens (tertiary/aromatic N) is 1. The second-order valence-electron chi connectivity index (χ2n) is 3.77. The molecule has 0 fully saturated rings. The van der Waals surface area contributed by atoms with Gasteiger partial charge in [-0.05, 0) is 17.7 Å². The lowest BCUT2D eigenvalue weighted by Gasteiger charge is -2.08. The smallest absolute Gasteiger partial charge is 0.325 e. The minimum Gasteiger partial charge on any atom is -0.480 e. The third kappa shape index (κ3) is 2.50. The molecular weight excluding hydrogens is 252 g/mol. The predicted octanol–water partition coefficient (Wildman–Crippen LogP) is 2.49. The van der Waals surface area contributed by atoms with Crippen LogP contribution in [0.2, 0.25) is 5.02 Å². The molecule has 0 bridgehead atoms. The van der Waals surface area contributed by atoms with Crippen LogP contribution >= 0.6 is 11.6 Å². The van der Waals surface area contributed by atoms with Crippen molar-refractivity contribution in [2.45, 2.75) is 6.04 Å². The van der Waals surface area contributed by atoms with Gasteiger partial charge >= 0.3 is 5.97 Å². The van der Waals surface area contributed by atoms with Crippen molar-refractivity contribution >= 4 is 17.6 Å². The quantitative estimate of drug-likeness (QED) is 0.891. The molecule has 1 aromatic heterocycles. The van der Waals surface area contributed by atoms with Crippen LogP contribution in [0.15, 0.2) is 42.6 Å². The fourth-order valence-electron chi connectivity index (χ4n) is 1.56. The number of aromatic nitrogens is 1. The van der Waals surface area contributed by atoms with Crippen LogP contribution in [0.25, 0.3) is 11.3 Å². The number of aliphatic carboxylic acids is 1. The molecule has 2 rings (SSSR count). The van der Waals surface area contributed by atoms with Crippen molar-refractivity contribution in [1.29, 1.82) is 0 Å². The maximum Gasteiger partial charge on any atom is 0.325 e. The van der Waals surface area contributed by atoms with Gasteiger partial charge in [0, 0.05) is 16.8 Å². The van der Waals surface area contributed by atoms with E-state index in [1.54, 1.807) is 18.2 Å². The molecular formula is C13H11ClN2O2. The van der Waals surface area contributed by atoms with Crippen LogP contribution in [-0.4, -0.2) is 16.1 Å². The lowest BCUT2D eigenvalue weighted by Crippen LogP contribution is -2.20. The van der Waals surface area contributed by atoms with Crippen molar-refractivity contribution < 1.29 is 9.90 Å². The Bertz CT molecular complexity index is 569. The average Bonchev–Trinajstić information content (AvgIpc) is 2.38. The molecule has 0 aliphatic heterocycles. The molecule has 4 nitrogen and oxygen atoms in total. The number of benzene rings is 1. The second kappa shape index (κ2) is 5.16. The number of carboxylic acid groups (broad SMARTS) is 1. The highest BCUT2D eigenvalue weighted by molar-refractivity contribution is 6.33. The summed E-state index contributed by atoms with van der Waals surface area (Å²) in [4.78, 5) is 14.9. The van der Waals surface area contributed by atoms with Crippen molar-refractivity contribution in [1.82, 2.24) is 4.98 Å². The maximum atomic E-state index is 10.7. The van der Waals surface area contributed by atoms with E-state index in [-0.39, 0.29) is 0 Å². The SMILES string of the molecule is NC(C(=O)O)c1ccc(-c2ccccc2Cl)nc1. The summed E-state index contributed by atoms with van der Waals surface area (Å²) in [5.41, 5.74) is 7.43. The van der Waals surface area contributed by atoms with Crippen LogP contribution in [0.3, 0.4) is 0 Å². The number of rotatable bonds is 3. The zero-order chi connectivity index (χ0) is 13.1. The Kier molecular flexibility index (Phi) is 3.60. The molecule has 3 N–H and O–H groups in total. The fraction of sp³-hybridized carbons (Fsp3) is 0.0769.